The lowest BCUT2D eigenvalue weighted by Crippen LogP contribution is -2.12. The van der Waals surface area contributed by atoms with Crippen molar-refractivity contribution in [3.63, 3.8) is 0 Å². The first kappa shape index (κ1) is 13.1. The molecule has 0 saturated heterocycles. The van der Waals surface area contributed by atoms with Gasteiger partial charge in [0.1, 0.15) is 6.20 Å². The van der Waals surface area contributed by atoms with Crippen molar-refractivity contribution in [2.75, 3.05) is 5.32 Å². The van der Waals surface area contributed by atoms with Crippen LogP contribution in [0.3, 0.4) is 0 Å². The SMILES string of the molecule is O=C(CCc1cccnc1)Nc1ncc([N+](=O)[O-])s1. The van der Waals surface area contributed by atoms with Gasteiger partial charge in [0.25, 0.3) is 0 Å². The average molecular weight is 278 g/mol. The van der Waals surface area contributed by atoms with Crippen LogP contribution in [0.15, 0.2) is 30.7 Å². The van der Waals surface area contributed by atoms with Crippen LogP contribution in [0.5, 0.6) is 0 Å². The maximum absolute atomic E-state index is 11.6. The second kappa shape index (κ2) is 6.01. The molecule has 19 heavy (non-hydrogen) atoms. The van der Waals surface area contributed by atoms with Gasteiger partial charge >= 0.3 is 5.00 Å². The number of aryl methyl sites for hydroxylation is 1. The van der Waals surface area contributed by atoms with Gasteiger partial charge in [-0.2, -0.15) is 0 Å². The van der Waals surface area contributed by atoms with Crippen molar-refractivity contribution in [1.82, 2.24) is 9.97 Å². The van der Waals surface area contributed by atoms with Crippen LogP contribution in [0.4, 0.5) is 10.1 Å². The number of hydrogen-bond donors (Lipinski definition) is 1. The van der Waals surface area contributed by atoms with E-state index in [0.29, 0.717) is 6.42 Å². The molecule has 0 unspecified atom stereocenters. The third kappa shape index (κ3) is 3.81. The second-order valence-electron chi connectivity index (χ2n) is 3.67. The van der Waals surface area contributed by atoms with Crippen LogP contribution in [0.25, 0.3) is 0 Å². The number of nitrogens with zero attached hydrogens (tertiary/aromatic N) is 3. The Kier molecular flexibility index (Phi) is 4.14. The van der Waals surface area contributed by atoms with Crippen molar-refractivity contribution in [3.05, 3.63) is 46.4 Å². The molecule has 1 N–H and O–H groups in total. The molecule has 0 radical (unpaired) electrons. The minimum atomic E-state index is -0.539. The summed E-state index contributed by atoms with van der Waals surface area (Å²) in [5.74, 6) is -0.229. The summed E-state index contributed by atoms with van der Waals surface area (Å²) in [6.07, 6.45) is 5.33. The van der Waals surface area contributed by atoms with Crippen LogP contribution in [0.2, 0.25) is 0 Å². The molecule has 98 valence electrons. The number of rotatable bonds is 5. The lowest BCUT2D eigenvalue weighted by Gasteiger charge is -2.01. The van der Waals surface area contributed by atoms with Crippen LogP contribution in [0, 0.1) is 10.1 Å². The van der Waals surface area contributed by atoms with Crippen molar-refractivity contribution in [1.29, 1.82) is 0 Å². The van der Waals surface area contributed by atoms with E-state index in [1.54, 1.807) is 18.5 Å². The summed E-state index contributed by atoms with van der Waals surface area (Å²) >= 11 is 0.837. The maximum atomic E-state index is 11.6. The zero-order valence-corrected chi connectivity index (χ0v) is 10.6. The highest BCUT2D eigenvalue weighted by atomic mass is 32.1. The summed E-state index contributed by atoms with van der Waals surface area (Å²) in [7, 11) is 0. The van der Waals surface area contributed by atoms with E-state index in [-0.39, 0.29) is 22.5 Å². The number of aromatic nitrogens is 2. The average Bonchev–Trinajstić information content (AvgIpc) is 2.86. The molecular weight excluding hydrogens is 268 g/mol. The number of thiazole rings is 1. The number of nitrogens with one attached hydrogen (secondary N) is 1. The third-order valence-corrected chi connectivity index (χ3v) is 3.15. The van der Waals surface area contributed by atoms with E-state index in [9.17, 15) is 14.9 Å². The molecule has 2 aromatic heterocycles. The third-order valence-electron chi connectivity index (χ3n) is 2.28. The fourth-order valence-corrected chi connectivity index (χ4v) is 2.04. The number of anilines is 1. The van der Waals surface area contributed by atoms with E-state index in [1.807, 2.05) is 6.07 Å². The van der Waals surface area contributed by atoms with Gasteiger partial charge in [0.2, 0.25) is 5.91 Å². The quantitative estimate of drug-likeness (QED) is 0.666. The molecule has 0 aromatic carbocycles. The van der Waals surface area contributed by atoms with Gasteiger partial charge in [0.15, 0.2) is 5.13 Å². The number of hydrogen-bond acceptors (Lipinski definition) is 6. The fourth-order valence-electron chi connectivity index (χ4n) is 1.39. The molecule has 0 aliphatic carbocycles. The number of carbonyl (C=O) groups is 1. The molecule has 2 aromatic rings. The normalized spacial score (nSPS) is 10.1. The summed E-state index contributed by atoms with van der Waals surface area (Å²) in [6, 6.07) is 3.69. The summed E-state index contributed by atoms with van der Waals surface area (Å²) in [5, 5.41) is 13.1. The first-order valence-electron chi connectivity index (χ1n) is 5.44. The Morgan fingerprint density at radius 2 is 2.32 bits per heavy atom. The molecule has 1 amide bonds. The largest absolute Gasteiger partial charge is 0.345 e. The smallest absolute Gasteiger partial charge is 0.302 e. The molecule has 0 atom stereocenters. The number of nitro groups is 1. The molecule has 0 spiro atoms. The van der Waals surface area contributed by atoms with Gasteiger partial charge in [-0.1, -0.05) is 6.07 Å². The van der Waals surface area contributed by atoms with Gasteiger partial charge in [-0.15, -0.1) is 0 Å². The number of pyridine rings is 1. The summed E-state index contributed by atoms with van der Waals surface area (Å²) < 4.78 is 0. The monoisotopic (exact) mass is 278 g/mol. The van der Waals surface area contributed by atoms with E-state index in [0.717, 1.165) is 23.1 Å². The van der Waals surface area contributed by atoms with Crippen LogP contribution in [0.1, 0.15) is 12.0 Å². The van der Waals surface area contributed by atoms with E-state index in [2.05, 4.69) is 15.3 Å². The molecular formula is C11H10N4O3S. The summed E-state index contributed by atoms with van der Waals surface area (Å²) in [6.45, 7) is 0. The Labute approximate surface area is 112 Å². The standard InChI is InChI=1S/C11H10N4O3S/c16-9(4-3-8-2-1-5-12-6-8)14-11-13-7-10(19-11)15(17)18/h1-2,5-7H,3-4H2,(H,13,14,16). The predicted molar refractivity (Wildman–Crippen MR) is 70.0 cm³/mol. The molecule has 7 nitrogen and oxygen atoms in total. The van der Waals surface area contributed by atoms with E-state index < -0.39 is 4.92 Å². The van der Waals surface area contributed by atoms with E-state index >= 15 is 0 Å². The first-order valence-corrected chi connectivity index (χ1v) is 6.26. The van der Waals surface area contributed by atoms with Crippen LogP contribution in [-0.2, 0) is 11.2 Å². The zero-order chi connectivity index (χ0) is 13.7. The Balaban J connectivity index is 1.85. The lowest BCUT2D eigenvalue weighted by atomic mass is 10.1. The molecule has 0 bridgehead atoms. The highest BCUT2D eigenvalue weighted by Crippen LogP contribution is 2.24. The number of amides is 1. The summed E-state index contributed by atoms with van der Waals surface area (Å²) in [4.78, 5) is 29.3. The first-order chi connectivity index (χ1) is 9.15. The van der Waals surface area contributed by atoms with Crippen molar-refractivity contribution in [3.8, 4) is 0 Å². The van der Waals surface area contributed by atoms with Crippen molar-refractivity contribution in [2.45, 2.75) is 12.8 Å². The molecule has 2 heterocycles. The van der Waals surface area contributed by atoms with Crippen LogP contribution in [-0.4, -0.2) is 20.8 Å². The minimum absolute atomic E-state index is 0.0949. The van der Waals surface area contributed by atoms with Crippen molar-refractivity contribution in [2.24, 2.45) is 0 Å². The predicted octanol–water partition coefficient (Wildman–Crippen LogP) is 2.02. The molecule has 2 rings (SSSR count). The van der Waals surface area contributed by atoms with Gasteiger partial charge in [-0.25, -0.2) is 4.98 Å². The Morgan fingerprint density at radius 1 is 1.47 bits per heavy atom. The van der Waals surface area contributed by atoms with Crippen LogP contribution >= 0.6 is 11.3 Å². The molecule has 0 aliphatic heterocycles. The summed E-state index contributed by atoms with van der Waals surface area (Å²) in [5.41, 5.74) is 0.961. The van der Waals surface area contributed by atoms with Crippen molar-refractivity contribution >= 4 is 27.4 Å². The second-order valence-corrected chi connectivity index (χ2v) is 4.68. The molecule has 0 fully saturated rings. The van der Waals surface area contributed by atoms with Gasteiger partial charge in [-0.3, -0.25) is 19.9 Å². The van der Waals surface area contributed by atoms with E-state index in [4.69, 9.17) is 0 Å². The van der Waals surface area contributed by atoms with Gasteiger partial charge in [-0.05, 0) is 29.4 Å². The molecule has 0 saturated carbocycles. The Hall–Kier alpha value is -2.35. The fraction of sp³-hybridized carbons (Fsp3) is 0.182. The van der Waals surface area contributed by atoms with Gasteiger partial charge in [0.05, 0.1) is 4.92 Å². The topological polar surface area (TPSA) is 98.0 Å². The van der Waals surface area contributed by atoms with E-state index in [1.165, 1.54) is 0 Å². The van der Waals surface area contributed by atoms with Crippen LogP contribution < -0.4 is 5.32 Å². The highest BCUT2D eigenvalue weighted by molar-refractivity contribution is 7.18. The van der Waals surface area contributed by atoms with Gasteiger partial charge < -0.3 is 5.32 Å². The zero-order valence-electron chi connectivity index (χ0n) is 9.78. The molecule has 8 heteroatoms. The Bertz CT molecular complexity index is 585. The Morgan fingerprint density at radius 3 is 2.95 bits per heavy atom. The lowest BCUT2D eigenvalue weighted by molar-refractivity contribution is -0.380. The van der Waals surface area contributed by atoms with Gasteiger partial charge in [0, 0.05) is 18.8 Å². The minimum Gasteiger partial charge on any atom is -0.302 e. The number of carbonyl (C=O) groups excluding carboxylic acids is 1. The highest BCUT2D eigenvalue weighted by Gasteiger charge is 2.13. The maximum Gasteiger partial charge on any atom is 0.345 e. The molecule has 0 aliphatic rings. The van der Waals surface area contributed by atoms with Crippen molar-refractivity contribution < 1.29 is 9.72 Å².